The molecular weight excluding hydrogens is 196 g/mol. The lowest BCUT2D eigenvalue weighted by molar-refractivity contribution is 0.0807. The fraction of sp³-hybridized carbons (Fsp3) is 1.00. The lowest BCUT2D eigenvalue weighted by atomic mass is 9.93. The van der Waals surface area contributed by atoms with E-state index in [0.717, 1.165) is 12.1 Å². The van der Waals surface area contributed by atoms with Crippen molar-refractivity contribution in [3.63, 3.8) is 0 Å². The number of nitrogens with zero attached hydrogens (tertiary/aromatic N) is 1. The van der Waals surface area contributed by atoms with Crippen LogP contribution in [0.3, 0.4) is 0 Å². The zero-order valence-electron chi connectivity index (χ0n) is 11.3. The van der Waals surface area contributed by atoms with Crippen LogP contribution in [0.1, 0.15) is 59.3 Å². The maximum Gasteiger partial charge on any atom is 0.0241 e. The van der Waals surface area contributed by atoms with Gasteiger partial charge in [0.25, 0.3) is 0 Å². The molecule has 0 saturated carbocycles. The number of hydrogen-bond acceptors (Lipinski definition) is 2. The molecule has 2 unspecified atom stereocenters. The molecule has 0 aliphatic carbocycles. The zero-order chi connectivity index (χ0) is 11.6. The van der Waals surface area contributed by atoms with Crippen LogP contribution in [-0.2, 0) is 0 Å². The summed E-state index contributed by atoms with van der Waals surface area (Å²) in [6.07, 6.45) is 8.33. The van der Waals surface area contributed by atoms with E-state index in [-0.39, 0.29) is 0 Å². The smallest absolute Gasteiger partial charge is 0.0241 e. The summed E-state index contributed by atoms with van der Waals surface area (Å²) in [7, 11) is 0. The van der Waals surface area contributed by atoms with Gasteiger partial charge in [0, 0.05) is 30.7 Å². The predicted molar refractivity (Wildman–Crippen MR) is 69.7 cm³/mol. The van der Waals surface area contributed by atoms with E-state index in [0.29, 0.717) is 5.54 Å². The first-order valence-corrected chi connectivity index (χ1v) is 7.13. The number of likely N-dealkylation sites (tertiary alicyclic amines) is 1. The maximum atomic E-state index is 3.59. The highest BCUT2D eigenvalue weighted by Crippen LogP contribution is 2.33. The van der Waals surface area contributed by atoms with Gasteiger partial charge in [-0.25, -0.2) is 0 Å². The van der Waals surface area contributed by atoms with Gasteiger partial charge < -0.3 is 5.32 Å². The molecule has 2 saturated heterocycles. The van der Waals surface area contributed by atoms with E-state index in [1.165, 1.54) is 51.6 Å². The Hall–Kier alpha value is -0.0800. The summed E-state index contributed by atoms with van der Waals surface area (Å²) in [5.41, 5.74) is 0.426. The van der Waals surface area contributed by atoms with Crippen molar-refractivity contribution in [2.75, 3.05) is 13.1 Å². The Morgan fingerprint density at radius 2 is 2.06 bits per heavy atom. The van der Waals surface area contributed by atoms with Gasteiger partial charge >= 0.3 is 0 Å². The van der Waals surface area contributed by atoms with Crippen molar-refractivity contribution >= 4 is 0 Å². The Kier molecular flexibility index (Phi) is 3.91. The molecule has 2 aliphatic heterocycles. The summed E-state index contributed by atoms with van der Waals surface area (Å²) < 4.78 is 0. The van der Waals surface area contributed by atoms with Crippen LogP contribution in [0.5, 0.6) is 0 Å². The molecule has 0 aromatic carbocycles. The summed E-state index contributed by atoms with van der Waals surface area (Å²) in [6, 6.07) is 1.62. The quantitative estimate of drug-likeness (QED) is 0.698. The van der Waals surface area contributed by atoms with Crippen molar-refractivity contribution in [1.29, 1.82) is 0 Å². The van der Waals surface area contributed by atoms with Gasteiger partial charge in [0.15, 0.2) is 0 Å². The Morgan fingerprint density at radius 3 is 2.62 bits per heavy atom. The number of piperazine rings is 1. The van der Waals surface area contributed by atoms with Gasteiger partial charge in [-0.05, 0) is 26.7 Å². The SMILES string of the molecule is CCCCCCC(C)(C)N1CC2CC1CN2. The van der Waals surface area contributed by atoms with E-state index in [1.807, 2.05) is 0 Å². The van der Waals surface area contributed by atoms with E-state index in [1.54, 1.807) is 0 Å². The summed E-state index contributed by atoms with van der Waals surface area (Å²) in [6.45, 7) is 9.68. The first kappa shape index (κ1) is 12.4. The molecule has 0 amide bonds. The normalized spacial score (nSPS) is 30.2. The second kappa shape index (κ2) is 5.05. The van der Waals surface area contributed by atoms with Gasteiger partial charge in [-0.3, -0.25) is 4.90 Å². The Labute approximate surface area is 101 Å². The molecule has 2 nitrogen and oxygen atoms in total. The zero-order valence-corrected chi connectivity index (χ0v) is 11.3. The third kappa shape index (κ3) is 2.60. The predicted octanol–water partition coefficient (Wildman–Crippen LogP) is 2.78. The molecule has 16 heavy (non-hydrogen) atoms. The van der Waals surface area contributed by atoms with Gasteiger partial charge in [-0.2, -0.15) is 0 Å². The molecule has 2 aliphatic rings. The van der Waals surface area contributed by atoms with Crippen LogP contribution >= 0.6 is 0 Å². The molecule has 2 heteroatoms. The van der Waals surface area contributed by atoms with Crippen LogP contribution in [0.4, 0.5) is 0 Å². The highest BCUT2D eigenvalue weighted by atomic mass is 15.3. The van der Waals surface area contributed by atoms with Crippen molar-refractivity contribution in [3.05, 3.63) is 0 Å². The Balaban J connectivity index is 1.78. The number of unbranched alkanes of at least 4 members (excludes halogenated alkanes) is 3. The standard InChI is InChI=1S/C14H28N2/c1-4-5-6-7-8-14(2,3)16-11-12-9-13(16)10-15-12/h12-13,15H,4-11H2,1-3H3. The number of rotatable bonds is 6. The fourth-order valence-corrected chi connectivity index (χ4v) is 3.43. The third-order valence-corrected chi connectivity index (χ3v) is 4.48. The van der Waals surface area contributed by atoms with Gasteiger partial charge in [0.1, 0.15) is 0 Å². The van der Waals surface area contributed by atoms with Gasteiger partial charge in [0.05, 0.1) is 0 Å². The average Bonchev–Trinajstić information content (AvgIpc) is 2.86. The van der Waals surface area contributed by atoms with E-state index >= 15 is 0 Å². The first-order chi connectivity index (χ1) is 7.63. The average molecular weight is 224 g/mol. The molecule has 0 radical (unpaired) electrons. The first-order valence-electron chi connectivity index (χ1n) is 7.13. The Morgan fingerprint density at radius 1 is 1.25 bits per heavy atom. The largest absolute Gasteiger partial charge is 0.311 e. The second-order valence-corrected chi connectivity index (χ2v) is 6.27. The maximum absolute atomic E-state index is 3.59. The van der Waals surface area contributed by atoms with Gasteiger partial charge in [-0.15, -0.1) is 0 Å². The minimum Gasteiger partial charge on any atom is -0.311 e. The van der Waals surface area contributed by atoms with E-state index < -0.39 is 0 Å². The van der Waals surface area contributed by atoms with Gasteiger partial charge in [0.2, 0.25) is 0 Å². The van der Waals surface area contributed by atoms with Crippen molar-refractivity contribution in [2.24, 2.45) is 0 Å². The van der Waals surface area contributed by atoms with E-state index in [9.17, 15) is 0 Å². The third-order valence-electron chi connectivity index (χ3n) is 4.48. The molecule has 2 bridgehead atoms. The molecule has 0 spiro atoms. The highest BCUT2D eigenvalue weighted by molar-refractivity contribution is 5.02. The van der Waals surface area contributed by atoms with Gasteiger partial charge in [-0.1, -0.05) is 32.6 Å². The number of nitrogens with one attached hydrogen (secondary N) is 1. The lowest BCUT2D eigenvalue weighted by Crippen LogP contribution is -2.53. The molecule has 1 N–H and O–H groups in total. The van der Waals surface area contributed by atoms with Crippen LogP contribution in [-0.4, -0.2) is 35.6 Å². The van der Waals surface area contributed by atoms with Crippen LogP contribution in [0, 0.1) is 0 Å². The molecule has 94 valence electrons. The van der Waals surface area contributed by atoms with Crippen molar-refractivity contribution in [1.82, 2.24) is 10.2 Å². The second-order valence-electron chi connectivity index (χ2n) is 6.27. The Bertz CT molecular complexity index is 225. The monoisotopic (exact) mass is 224 g/mol. The highest BCUT2D eigenvalue weighted by Gasteiger charge is 2.43. The number of hydrogen-bond donors (Lipinski definition) is 1. The van der Waals surface area contributed by atoms with E-state index in [2.05, 4.69) is 31.0 Å². The lowest BCUT2D eigenvalue weighted by Gasteiger charge is -2.41. The van der Waals surface area contributed by atoms with Crippen molar-refractivity contribution in [3.8, 4) is 0 Å². The minimum absolute atomic E-state index is 0.426. The summed E-state index contributed by atoms with van der Waals surface area (Å²) in [5.74, 6) is 0. The molecule has 0 aromatic rings. The molecule has 2 rings (SSSR count). The van der Waals surface area contributed by atoms with Crippen LogP contribution in [0.2, 0.25) is 0 Å². The molecule has 2 heterocycles. The van der Waals surface area contributed by atoms with Crippen LogP contribution in [0.25, 0.3) is 0 Å². The molecule has 2 fully saturated rings. The fourth-order valence-electron chi connectivity index (χ4n) is 3.43. The van der Waals surface area contributed by atoms with Crippen LogP contribution in [0.15, 0.2) is 0 Å². The molecule has 2 atom stereocenters. The van der Waals surface area contributed by atoms with Crippen LogP contribution < -0.4 is 5.32 Å². The topological polar surface area (TPSA) is 15.3 Å². The summed E-state index contributed by atoms with van der Waals surface area (Å²) in [4.78, 5) is 2.76. The van der Waals surface area contributed by atoms with Crippen molar-refractivity contribution in [2.45, 2.75) is 76.9 Å². The molecular formula is C14H28N2. The summed E-state index contributed by atoms with van der Waals surface area (Å²) >= 11 is 0. The van der Waals surface area contributed by atoms with E-state index in [4.69, 9.17) is 0 Å². The molecule has 0 aromatic heterocycles. The van der Waals surface area contributed by atoms with Crippen molar-refractivity contribution < 1.29 is 0 Å². The number of fused-ring (bicyclic) bond motifs is 2. The minimum atomic E-state index is 0.426. The summed E-state index contributed by atoms with van der Waals surface area (Å²) in [5, 5.41) is 3.59.